The van der Waals surface area contributed by atoms with Crippen LogP contribution in [-0.4, -0.2) is 59.6 Å². The third kappa shape index (κ3) is 6.32. The van der Waals surface area contributed by atoms with E-state index < -0.39 is 5.97 Å². The van der Waals surface area contributed by atoms with E-state index in [2.05, 4.69) is 46.1 Å². The molecule has 1 aliphatic heterocycles. The van der Waals surface area contributed by atoms with Crippen LogP contribution in [0.25, 0.3) is 0 Å². The number of nitrogens with zero attached hydrogens (tertiary/aromatic N) is 3. The Hall–Kier alpha value is -2.86. The summed E-state index contributed by atoms with van der Waals surface area (Å²) in [7, 11) is 0. The topological polar surface area (TPSA) is 76.4 Å². The van der Waals surface area contributed by atoms with Gasteiger partial charge in [-0.15, -0.1) is 0 Å². The fourth-order valence-electron chi connectivity index (χ4n) is 3.90. The zero-order valence-electron chi connectivity index (χ0n) is 17.6. The van der Waals surface area contributed by atoms with E-state index in [9.17, 15) is 4.79 Å². The Morgan fingerprint density at radius 2 is 1.77 bits per heavy atom. The molecule has 1 aliphatic rings. The summed E-state index contributed by atoms with van der Waals surface area (Å²) in [6.45, 7) is 7.54. The number of hydrogen-bond donors (Lipinski definition) is 2. The zero-order valence-corrected chi connectivity index (χ0v) is 17.6. The Balaban J connectivity index is 1.41. The Morgan fingerprint density at radius 1 is 1.03 bits per heavy atom. The van der Waals surface area contributed by atoms with Crippen LogP contribution in [0.5, 0.6) is 0 Å². The van der Waals surface area contributed by atoms with Gasteiger partial charge in [0.25, 0.3) is 0 Å². The first-order valence-electron chi connectivity index (χ1n) is 10.6. The van der Waals surface area contributed by atoms with E-state index in [0.29, 0.717) is 5.71 Å². The molecule has 1 heterocycles. The van der Waals surface area contributed by atoms with Gasteiger partial charge in [-0.05, 0) is 55.1 Å². The first-order valence-corrected chi connectivity index (χ1v) is 10.6. The molecule has 30 heavy (non-hydrogen) atoms. The van der Waals surface area contributed by atoms with Gasteiger partial charge in [-0.1, -0.05) is 41.6 Å². The molecular weight excluding hydrogens is 378 g/mol. The maximum Gasteiger partial charge on any atom is 0.303 e. The van der Waals surface area contributed by atoms with Gasteiger partial charge >= 0.3 is 5.97 Å². The normalized spacial score (nSPS) is 15.4. The lowest BCUT2D eigenvalue weighted by molar-refractivity contribution is -0.136. The molecule has 0 spiro atoms. The average molecular weight is 410 g/mol. The SMILES string of the molecule is Cc1cccc(N2CCN(CCCc3ccc(/C(CCC(=O)O)=N\O)cc3)CC2)c1. The van der Waals surface area contributed by atoms with Crippen molar-refractivity contribution < 1.29 is 15.1 Å². The van der Waals surface area contributed by atoms with Crippen molar-refractivity contribution in [2.75, 3.05) is 37.6 Å². The van der Waals surface area contributed by atoms with Crippen LogP contribution in [0.1, 0.15) is 36.0 Å². The molecular formula is C24H31N3O3. The van der Waals surface area contributed by atoms with Crippen molar-refractivity contribution in [1.82, 2.24) is 4.90 Å². The number of carboxylic acids is 1. The molecule has 6 heteroatoms. The fraction of sp³-hybridized carbons (Fsp3) is 0.417. The molecule has 2 N–H and O–H groups in total. The summed E-state index contributed by atoms with van der Waals surface area (Å²) in [5, 5.41) is 21.2. The second-order valence-electron chi connectivity index (χ2n) is 7.91. The molecule has 2 aromatic carbocycles. The van der Waals surface area contributed by atoms with Crippen LogP contribution in [0.15, 0.2) is 53.7 Å². The standard InChI is InChI=1S/C24H31N3O3/c1-19-4-2-6-22(18-19)27-16-14-26(15-17-27)13-3-5-20-7-9-21(10-8-20)23(25-30)11-12-24(28)29/h2,4,6-10,18,30H,3,5,11-17H2,1H3,(H,28,29)/b25-23-. The van der Waals surface area contributed by atoms with Gasteiger partial charge in [0.2, 0.25) is 0 Å². The molecule has 0 unspecified atom stereocenters. The van der Waals surface area contributed by atoms with Gasteiger partial charge < -0.3 is 15.2 Å². The molecule has 0 saturated carbocycles. The van der Waals surface area contributed by atoms with Crippen molar-refractivity contribution in [3.8, 4) is 0 Å². The van der Waals surface area contributed by atoms with E-state index in [-0.39, 0.29) is 12.8 Å². The number of hydrogen-bond acceptors (Lipinski definition) is 5. The first kappa shape index (κ1) is 21.8. The minimum absolute atomic E-state index is 0.0434. The summed E-state index contributed by atoms with van der Waals surface area (Å²) in [6.07, 6.45) is 2.28. The van der Waals surface area contributed by atoms with Crippen LogP contribution in [0.4, 0.5) is 5.69 Å². The van der Waals surface area contributed by atoms with Gasteiger partial charge in [0, 0.05) is 38.3 Å². The van der Waals surface area contributed by atoms with E-state index in [1.165, 1.54) is 16.8 Å². The summed E-state index contributed by atoms with van der Waals surface area (Å²) >= 11 is 0. The minimum atomic E-state index is -0.896. The Kier molecular flexibility index (Phi) is 7.85. The maximum atomic E-state index is 10.7. The van der Waals surface area contributed by atoms with E-state index >= 15 is 0 Å². The van der Waals surface area contributed by atoms with E-state index in [0.717, 1.165) is 51.1 Å². The Morgan fingerprint density at radius 3 is 2.40 bits per heavy atom. The minimum Gasteiger partial charge on any atom is -0.481 e. The summed E-state index contributed by atoms with van der Waals surface area (Å²) in [6, 6.07) is 16.6. The van der Waals surface area contributed by atoms with Crippen LogP contribution in [0.3, 0.4) is 0 Å². The van der Waals surface area contributed by atoms with Gasteiger partial charge in [0.1, 0.15) is 0 Å². The maximum absolute atomic E-state index is 10.7. The van der Waals surface area contributed by atoms with E-state index in [4.69, 9.17) is 10.3 Å². The Labute approximate surface area is 178 Å². The number of carbonyl (C=O) groups is 1. The van der Waals surface area contributed by atoms with E-state index in [1.54, 1.807) is 0 Å². The van der Waals surface area contributed by atoms with Crippen molar-refractivity contribution in [2.24, 2.45) is 5.16 Å². The number of anilines is 1. The van der Waals surface area contributed by atoms with Gasteiger partial charge in [0.15, 0.2) is 0 Å². The first-order chi connectivity index (χ1) is 14.5. The molecule has 1 saturated heterocycles. The van der Waals surface area contributed by atoms with Crippen LogP contribution in [0, 0.1) is 6.92 Å². The Bertz CT molecular complexity index is 856. The van der Waals surface area contributed by atoms with Crippen molar-refractivity contribution in [3.63, 3.8) is 0 Å². The fourth-order valence-corrected chi connectivity index (χ4v) is 3.90. The summed E-state index contributed by atoms with van der Waals surface area (Å²) in [5.74, 6) is -0.896. The number of rotatable bonds is 9. The second-order valence-corrected chi connectivity index (χ2v) is 7.91. The lowest BCUT2D eigenvalue weighted by atomic mass is 10.0. The zero-order chi connectivity index (χ0) is 21.3. The number of benzene rings is 2. The predicted molar refractivity (Wildman–Crippen MR) is 120 cm³/mol. The second kappa shape index (κ2) is 10.8. The lowest BCUT2D eigenvalue weighted by Gasteiger charge is -2.36. The highest BCUT2D eigenvalue weighted by atomic mass is 16.4. The number of aryl methyl sites for hydroxylation is 2. The van der Waals surface area contributed by atoms with Gasteiger partial charge in [-0.2, -0.15) is 0 Å². The molecule has 160 valence electrons. The largest absolute Gasteiger partial charge is 0.481 e. The molecule has 2 aromatic rings. The summed E-state index contributed by atoms with van der Waals surface area (Å²) < 4.78 is 0. The average Bonchev–Trinajstić information content (AvgIpc) is 2.75. The lowest BCUT2D eigenvalue weighted by Crippen LogP contribution is -2.46. The van der Waals surface area contributed by atoms with Crippen molar-refractivity contribution in [2.45, 2.75) is 32.6 Å². The van der Waals surface area contributed by atoms with Crippen molar-refractivity contribution >= 4 is 17.4 Å². The molecule has 3 rings (SSSR count). The van der Waals surface area contributed by atoms with Crippen molar-refractivity contribution in [3.05, 3.63) is 65.2 Å². The van der Waals surface area contributed by atoms with Crippen LogP contribution in [-0.2, 0) is 11.2 Å². The molecule has 6 nitrogen and oxygen atoms in total. The molecule has 0 atom stereocenters. The molecule has 0 aliphatic carbocycles. The highest BCUT2D eigenvalue weighted by Crippen LogP contribution is 2.18. The smallest absolute Gasteiger partial charge is 0.303 e. The molecule has 0 bridgehead atoms. The summed E-state index contributed by atoms with van der Waals surface area (Å²) in [5.41, 5.74) is 5.06. The highest BCUT2D eigenvalue weighted by molar-refractivity contribution is 6.01. The predicted octanol–water partition coefficient (Wildman–Crippen LogP) is 3.79. The number of carboxylic acid groups (broad SMARTS) is 1. The number of aliphatic carboxylic acids is 1. The van der Waals surface area contributed by atoms with Gasteiger partial charge in [0.05, 0.1) is 12.1 Å². The third-order valence-electron chi connectivity index (χ3n) is 5.66. The summed E-state index contributed by atoms with van der Waals surface area (Å²) in [4.78, 5) is 15.7. The number of piperazine rings is 1. The third-order valence-corrected chi connectivity index (χ3v) is 5.66. The molecule has 0 aromatic heterocycles. The van der Waals surface area contributed by atoms with E-state index in [1.807, 2.05) is 24.3 Å². The molecule has 0 radical (unpaired) electrons. The van der Waals surface area contributed by atoms with Crippen LogP contribution < -0.4 is 4.90 Å². The molecule has 0 amide bonds. The van der Waals surface area contributed by atoms with Crippen LogP contribution >= 0.6 is 0 Å². The molecule has 1 fully saturated rings. The van der Waals surface area contributed by atoms with Gasteiger partial charge in [-0.3, -0.25) is 9.69 Å². The number of oxime groups is 1. The quantitative estimate of drug-likeness (QED) is 0.374. The van der Waals surface area contributed by atoms with Crippen LogP contribution in [0.2, 0.25) is 0 Å². The van der Waals surface area contributed by atoms with Gasteiger partial charge in [-0.25, -0.2) is 0 Å². The monoisotopic (exact) mass is 409 g/mol. The highest BCUT2D eigenvalue weighted by Gasteiger charge is 2.16. The van der Waals surface area contributed by atoms with Crippen molar-refractivity contribution in [1.29, 1.82) is 0 Å².